The van der Waals surface area contributed by atoms with Gasteiger partial charge in [-0.3, -0.25) is 4.79 Å². The highest BCUT2D eigenvalue weighted by Gasteiger charge is 2.34. The largest absolute Gasteiger partial charge is 0.334 e. The molecule has 0 bridgehead atoms. The molecule has 1 aliphatic heterocycles. The normalized spacial score (nSPS) is 23.5. The number of nitrogens with two attached hydrogens (primary N) is 1. The summed E-state index contributed by atoms with van der Waals surface area (Å²) < 4.78 is 39.7. The van der Waals surface area contributed by atoms with E-state index in [1.54, 1.807) is 6.92 Å². The van der Waals surface area contributed by atoms with E-state index >= 15 is 0 Å². The van der Waals surface area contributed by atoms with Gasteiger partial charge in [-0.15, -0.1) is 0 Å². The summed E-state index contributed by atoms with van der Waals surface area (Å²) in [7, 11) is 0. The van der Waals surface area contributed by atoms with Crippen molar-refractivity contribution in [2.75, 3.05) is 6.54 Å². The molecule has 0 saturated carbocycles. The molecule has 0 spiro atoms. The fraction of sp³-hybridized carbons (Fsp3) is 0.417. The van der Waals surface area contributed by atoms with E-state index in [1.807, 2.05) is 0 Å². The van der Waals surface area contributed by atoms with Crippen LogP contribution in [0.5, 0.6) is 0 Å². The number of likely N-dealkylation sites (tertiary alicyclic amines) is 1. The number of halogens is 3. The second-order valence-corrected chi connectivity index (χ2v) is 4.44. The van der Waals surface area contributed by atoms with E-state index < -0.39 is 28.9 Å². The molecular weight excluding hydrogens is 245 g/mol. The van der Waals surface area contributed by atoms with Crippen molar-refractivity contribution in [3.63, 3.8) is 0 Å². The lowest BCUT2D eigenvalue weighted by molar-refractivity contribution is 0.0732. The standard InChI is InChI=1S/C12H13F3N2O/c1-6-10(16)2-3-17(6)12(18)11-8(14)4-7(13)5-9(11)15/h4-6,10H,2-3,16H2,1H3. The lowest BCUT2D eigenvalue weighted by atomic mass is 10.1. The molecule has 6 heteroatoms. The molecule has 1 amide bonds. The van der Waals surface area contributed by atoms with Gasteiger partial charge in [0.05, 0.1) is 0 Å². The number of amides is 1. The Kier molecular flexibility index (Phi) is 3.30. The van der Waals surface area contributed by atoms with E-state index in [0.29, 0.717) is 25.1 Å². The lowest BCUT2D eigenvalue weighted by Crippen LogP contribution is -2.41. The van der Waals surface area contributed by atoms with Crippen LogP contribution in [-0.2, 0) is 0 Å². The first-order valence-electron chi connectivity index (χ1n) is 5.63. The number of carbonyl (C=O) groups is 1. The smallest absolute Gasteiger partial charge is 0.260 e. The zero-order chi connectivity index (χ0) is 13.4. The molecule has 2 unspecified atom stereocenters. The van der Waals surface area contributed by atoms with E-state index in [9.17, 15) is 18.0 Å². The molecule has 18 heavy (non-hydrogen) atoms. The molecule has 0 aromatic heterocycles. The van der Waals surface area contributed by atoms with Crippen molar-refractivity contribution < 1.29 is 18.0 Å². The van der Waals surface area contributed by atoms with Crippen LogP contribution in [0.15, 0.2) is 12.1 Å². The molecule has 2 rings (SSSR count). The van der Waals surface area contributed by atoms with Crippen LogP contribution in [0.25, 0.3) is 0 Å². The van der Waals surface area contributed by atoms with E-state index in [1.165, 1.54) is 4.90 Å². The average molecular weight is 258 g/mol. The van der Waals surface area contributed by atoms with Gasteiger partial charge in [0.1, 0.15) is 23.0 Å². The van der Waals surface area contributed by atoms with Gasteiger partial charge in [0.25, 0.3) is 5.91 Å². The Bertz CT molecular complexity index is 469. The van der Waals surface area contributed by atoms with Gasteiger partial charge < -0.3 is 10.6 Å². The first kappa shape index (κ1) is 12.9. The molecule has 1 saturated heterocycles. The SMILES string of the molecule is CC1C(N)CCN1C(=O)c1c(F)cc(F)cc1F. The predicted molar refractivity (Wildman–Crippen MR) is 59.4 cm³/mol. The second kappa shape index (κ2) is 4.61. The van der Waals surface area contributed by atoms with Crippen LogP contribution in [0.3, 0.4) is 0 Å². The summed E-state index contributed by atoms with van der Waals surface area (Å²) in [6, 6.07) is 0.496. The minimum atomic E-state index is -1.19. The average Bonchev–Trinajstić information content (AvgIpc) is 2.58. The number of hydrogen-bond donors (Lipinski definition) is 1. The third-order valence-corrected chi connectivity index (χ3v) is 3.30. The van der Waals surface area contributed by atoms with Crippen molar-refractivity contribution in [3.05, 3.63) is 35.1 Å². The number of hydrogen-bond acceptors (Lipinski definition) is 2. The molecule has 0 radical (unpaired) electrons. The van der Waals surface area contributed by atoms with Gasteiger partial charge >= 0.3 is 0 Å². The van der Waals surface area contributed by atoms with Gasteiger partial charge in [0.2, 0.25) is 0 Å². The fourth-order valence-electron chi connectivity index (χ4n) is 2.14. The highest BCUT2D eigenvalue weighted by Crippen LogP contribution is 2.22. The lowest BCUT2D eigenvalue weighted by Gasteiger charge is -2.23. The minimum absolute atomic E-state index is 0.208. The van der Waals surface area contributed by atoms with Crippen molar-refractivity contribution >= 4 is 5.91 Å². The Morgan fingerprint density at radius 3 is 2.33 bits per heavy atom. The van der Waals surface area contributed by atoms with Crippen LogP contribution in [0, 0.1) is 17.5 Å². The molecule has 1 aromatic carbocycles. The Labute approximate surface area is 102 Å². The van der Waals surface area contributed by atoms with Crippen LogP contribution in [0.1, 0.15) is 23.7 Å². The maximum atomic E-state index is 13.5. The maximum absolute atomic E-state index is 13.5. The molecule has 0 aliphatic carbocycles. The van der Waals surface area contributed by atoms with Gasteiger partial charge in [0, 0.05) is 30.8 Å². The molecule has 1 fully saturated rings. The minimum Gasteiger partial charge on any atom is -0.334 e. The summed E-state index contributed by atoms with van der Waals surface area (Å²) in [6.45, 7) is 2.06. The Morgan fingerprint density at radius 2 is 1.89 bits per heavy atom. The topological polar surface area (TPSA) is 46.3 Å². The summed E-state index contributed by atoms with van der Waals surface area (Å²) in [4.78, 5) is 13.3. The molecular formula is C12H13F3N2O. The van der Waals surface area contributed by atoms with Crippen LogP contribution in [0.4, 0.5) is 13.2 Å². The number of benzene rings is 1. The Hall–Kier alpha value is -1.56. The maximum Gasteiger partial charge on any atom is 0.260 e. The summed E-state index contributed by atoms with van der Waals surface area (Å²) in [6.07, 6.45) is 0.581. The molecule has 98 valence electrons. The summed E-state index contributed by atoms with van der Waals surface area (Å²) in [5.41, 5.74) is 5.02. The first-order chi connectivity index (χ1) is 8.41. The van der Waals surface area contributed by atoms with Crippen LogP contribution in [0.2, 0.25) is 0 Å². The number of rotatable bonds is 1. The molecule has 1 aromatic rings. The molecule has 3 nitrogen and oxygen atoms in total. The third-order valence-electron chi connectivity index (χ3n) is 3.30. The highest BCUT2D eigenvalue weighted by molar-refractivity contribution is 5.95. The van der Waals surface area contributed by atoms with E-state index in [-0.39, 0.29) is 12.1 Å². The monoisotopic (exact) mass is 258 g/mol. The van der Waals surface area contributed by atoms with Gasteiger partial charge in [-0.1, -0.05) is 0 Å². The molecule has 1 aliphatic rings. The quantitative estimate of drug-likeness (QED) is 0.832. The highest BCUT2D eigenvalue weighted by atomic mass is 19.1. The van der Waals surface area contributed by atoms with E-state index in [2.05, 4.69) is 0 Å². The second-order valence-electron chi connectivity index (χ2n) is 4.44. The van der Waals surface area contributed by atoms with Crippen LogP contribution in [-0.4, -0.2) is 29.4 Å². The third kappa shape index (κ3) is 2.08. The summed E-state index contributed by atoms with van der Waals surface area (Å²) in [5.74, 6) is -4.21. The van der Waals surface area contributed by atoms with Crippen molar-refractivity contribution in [2.45, 2.75) is 25.4 Å². The zero-order valence-corrected chi connectivity index (χ0v) is 9.79. The Balaban J connectivity index is 2.35. The molecule has 2 atom stereocenters. The van der Waals surface area contributed by atoms with Crippen molar-refractivity contribution in [1.82, 2.24) is 4.90 Å². The Morgan fingerprint density at radius 1 is 1.33 bits per heavy atom. The van der Waals surface area contributed by atoms with Crippen LogP contribution >= 0.6 is 0 Å². The first-order valence-corrected chi connectivity index (χ1v) is 5.63. The van der Waals surface area contributed by atoms with Gasteiger partial charge in [-0.2, -0.15) is 0 Å². The van der Waals surface area contributed by atoms with Crippen molar-refractivity contribution in [2.24, 2.45) is 5.73 Å². The van der Waals surface area contributed by atoms with Gasteiger partial charge in [-0.25, -0.2) is 13.2 Å². The van der Waals surface area contributed by atoms with Crippen molar-refractivity contribution in [1.29, 1.82) is 0 Å². The van der Waals surface area contributed by atoms with E-state index in [4.69, 9.17) is 5.73 Å². The molecule has 1 heterocycles. The number of nitrogens with zero attached hydrogens (tertiary/aromatic N) is 1. The summed E-state index contributed by atoms with van der Waals surface area (Å²) in [5, 5.41) is 0. The van der Waals surface area contributed by atoms with E-state index in [0.717, 1.165) is 0 Å². The van der Waals surface area contributed by atoms with Crippen molar-refractivity contribution in [3.8, 4) is 0 Å². The van der Waals surface area contributed by atoms with Gasteiger partial charge in [-0.05, 0) is 13.3 Å². The van der Waals surface area contributed by atoms with Crippen LogP contribution < -0.4 is 5.73 Å². The molecule has 2 N–H and O–H groups in total. The number of carbonyl (C=O) groups excluding carboxylic acids is 1. The zero-order valence-electron chi connectivity index (χ0n) is 9.79. The summed E-state index contributed by atoms with van der Waals surface area (Å²) >= 11 is 0. The van der Waals surface area contributed by atoms with Gasteiger partial charge in [0.15, 0.2) is 0 Å². The fourth-order valence-corrected chi connectivity index (χ4v) is 2.14. The predicted octanol–water partition coefficient (Wildman–Crippen LogP) is 1.67.